The number of nitrogens with zero attached hydrogens (tertiary/aromatic N) is 2. The van der Waals surface area contributed by atoms with Crippen LogP contribution in [0.3, 0.4) is 0 Å². The zero-order chi connectivity index (χ0) is 9.38. The first-order chi connectivity index (χ1) is 6.95. The molecule has 2 aliphatic rings. The Bertz CT molecular complexity index is 376. The lowest BCUT2D eigenvalue weighted by molar-refractivity contribution is 0.949. The highest BCUT2D eigenvalue weighted by molar-refractivity contribution is 5.72. The van der Waals surface area contributed by atoms with E-state index in [1.165, 1.54) is 42.9 Å². The highest BCUT2D eigenvalue weighted by Gasteiger charge is 2.18. The van der Waals surface area contributed by atoms with Crippen molar-refractivity contribution < 1.29 is 0 Å². The minimum Gasteiger partial charge on any atom is -0.371 e. The van der Waals surface area contributed by atoms with Crippen molar-refractivity contribution >= 4 is 11.8 Å². The van der Waals surface area contributed by atoms with Gasteiger partial charge in [-0.05, 0) is 18.9 Å². The van der Waals surface area contributed by atoms with E-state index in [0.29, 0.717) is 0 Å². The average Bonchev–Trinajstić information content (AvgIpc) is 2.88. The Morgan fingerprint density at radius 2 is 2.07 bits per heavy atom. The molecule has 2 nitrogen and oxygen atoms in total. The lowest BCUT2D eigenvalue weighted by Gasteiger charge is -2.20. The Morgan fingerprint density at radius 3 is 2.93 bits per heavy atom. The van der Waals surface area contributed by atoms with Crippen molar-refractivity contribution in [1.82, 2.24) is 4.98 Å². The molecule has 0 atom stereocenters. The first-order valence-corrected chi connectivity index (χ1v) is 5.34. The molecule has 1 saturated heterocycles. The lowest BCUT2D eigenvalue weighted by atomic mass is 10.2. The molecule has 2 heteroatoms. The molecule has 0 aromatic carbocycles. The van der Waals surface area contributed by atoms with E-state index >= 15 is 0 Å². The van der Waals surface area contributed by atoms with Crippen LogP contribution in [0.4, 0.5) is 5.69 Å². The smallest absolute Gasteiger partial charge is 0.0534 e. The molecular weight excluding hydrogens is 172 g/mol. The van der Waals surface area contributed by atoms with Gasteiger partial charge in [0, 0.05) is 37.0 Å². The summed E-state index contributed by atoms with van der Waals surface area (Å²) in [4.78, 5) is 6.88. The van der Waals surface area contributed by atoms with Gasteiger partial charge >= 0.3 is 0 Å². The second-order valence-corrected chi connectivity index (χ2v) is 3.99. The zero-order valence-electron chi connectivity index (χ0n) is 8.24. The number of fused-ring (bicyclic) bond motifs is 1. The van der Waals surface area contributed by atoms with Gasteiger partial charge in [0.25, 0.3) is 0 Å². The van der Waals surface area contributed by atoms with Gasteiger partial charge in [0.15, 0.2) is 0 Å². The Morgan fingerprint density at radius 1 is 1.21 bits per heavy atom. The first-order valence-electron chi connectivity index (χ1n) is 5.34. The van der Waals surface area contributed by atoms with E-state index in [9.17, 15) is 0 Å². The third-order valence-corrected chi connectivity index (χ3v) is 3.09. The summed E-state index contributed by atoms with van der Waals surface area (Å²) in [5, 5.41) is 0. The Labute approximate surface area is 84.3 Å². The maximum atomic E-state index is 4.40. The van der Waals surface area contributed by atoms with E-state index in [0.717, 1.165) is 6.42 Å². The molecule has 1 aromatic rings. The van der Waals surface area contributed by atoms with Crippen molar-refractivity contribution in [2.45, 2.75) is 19.3 Å². The maximum Gasteiger partial charge on any atom is 0.0534 e. The summed E-state index contributed by atoms with van der Waals surface area (Å²) in [5.41, 5.74) is 3.99. The molecular formula is C12H14N2. The van der Waals surface area contributed by atoms with E-state index in [4.69, 9.17) is 0 Å². The highest BCUT2D eigenvalue weighted by Crippen LogP contribution is 2.30. The van der Waals surface area contributed by atoms with Gasteiger partial charge in [-0.2, -0.15) is 0 Å². The highest BCUT2D eigenvalue weighted by atomic mass is 15.1. The van der Waals surface area contributed by atoms with Gasteiger partial charge in [0.2, 0.25) is 0 Å². The average molecular weight is 186 g/mol. The van der Waals surface area contributed by atoms with Crippen LogP contribution in [-0.4, -0.2) is 18.1 Å². The predicted octanol–water partition coefficient (Wildman–Crippen LogP) is 2.25. The quantitative estimate of drug-likeness (QED) is 0.668. The SMILES string of the molecule is C1=Cc2c(N3CCCC3)ccnc2C1. The molecule has 0 amide bonds. The van der Waals surface area contributed by atoms with Crippen LogP contribution < -0.4 is 4.90 Å². The molecule has 1 fully saturated rings. The molecule has 1 aliphatic carbocycles. The largest absolute Gasteiger partial charge is 0.371 e. The zero-order valence-corrected chi connectivity index (χ0v) is 8.24. The Hall–Kier alpha value is -1.31. The van der Waals surface area contributed by atoms with Crippen LogP contribution >= 0.6 is 0 Å². The summed E-state index contributed by atoms with van der Waals surface area (Å²) in [7, 11) is 0. The second kappa shape index (κ2) is 3.12. The van der Waals surface area contributed by atoms with Crippen LogP contribution in [0.1, 0.15) is 24.1 Å². The first kappa shape index (κ1) is 8.04. The standard InChI is InChI=1S/C12H14N2/c1-2-9-14(8-1)12-6-7-13-11-5-3-4-10(11)12/h3-4,6-7H,1-2,5,8-9H2. The van der Waals surface area contributed by atoms with Crippen LogP contribution in [0, 0.1) is 0 Å². The molecule has 14 heavy (non-hydrogen) atoms. The van der Waals surface area contributed by atoms with Crippen LogP contribution in [0.25, 0.3) is 6.08 Å². The molecule has 0 unspecified atom stereocenters. The van der Waals surface area contributed by atoms with Gasteiger partial charge in [-0.3, -0.25) is 4.98 Å². The summed E-state index contributed by atoms with van der Waals surface area (Å²) < 4.78 is 0. The van der Waals surface area contributed by atoms with E-state index in [-0.39, 0.29) is 0 Å². The Kier molecular flexibility index (Phi) is 1.79. The number of aromatic nitrogens is 1. The van der Waals surface area contributed by atoms with Gasteiger partial charge in [0.1, 0.15) is 0 Å². The fourth-order valence-corrected chi connectivity index (χ4v) is 2.37. The van der Waals surface area contributed by atoms with Crippen molar-refractivity contribution in [1.29, 1.82) is 0 Å². The van der Waals surface area contributed by atoms with Gasteiger partial charge in [0.05, 0.1) is 5.69 Å². The summed E-state index contributed by atoms with van der Waals surface area (Å²) in [6.45, 7) is 2.43. The van der Waals surface area contributed by atoms with Crippen molar-refractivity contribution in [3.05, 3.63) is 29.6 Å². The molecule has 0 N–H and O–H groups in total. The number of anilines is 1. The minimum atomic E-state index is 1.01. The molecule has 0 spiro atoms. The second-order valence-electron chi connectivity index (χ2n) is 3.99. The molecule has 1 aromatic heterocycles. The van der Waals surface area contributed by atoms with Crippen LogP contribution in [0.5, 0.6) is 0 Å². The van der Waals surface area contributed by atoms with Crippen molar-refractivity contribution in [3.63, 3.8) is 0 Å². The summed E-state index contributed by atoms with van der Waals surface area (Å²) in [6.07, 6.45) is 10.0. The number of allylic oxidation sites excluding steroid dienone is 1. The number of hydrogen-bond acceptors (Lipinski definition) is 2. The number of hydrogen-bond donors (Lipinski definition) is 0. The normalized spacial score (nSPS) is 19.0. The fraction of sp³-hybridized carbons (Fsp3) is 0.417. The van der Waals surface area contributed by atoms with Crippen LogP contribution in [0.15, 0.2) is 18.3 Å². The predicted molar refractivity (Wildman–Crippen MR) is 58.4 cm³/mol. The van der Waals surface area contributed by atoms with Gasteiger partial charge < -0.3 is 4.90 Å². The Balaban J connectivity index is 2.04. The van der Waals surface area contributed by atoms with E-state index < -0.39 is 0 Å². The van der Waals surface area contributed by atoms with Crippen molar-refractivity contribution in [2.24, 2.45) is 0 Å². The lowest BCUT2D eigenvalue weighted by Crippen LogP contribution is -2.19. The van der Waals surface area contributed by atoms with Crippen molar-refractivity contribution in [2.75, 3.05) is 18.0 Å². The maximum absolute atomic E-state index is 4.40. The third kappa shape index (κ3) is 1.14. The van der Waals surface area contributed by atoms with Crippen molar-refractivity contribution in [3.8, 4) is 0 Å². The molecule has 2 heterocycles. The van der Waals surface area contributed by atoms with Crippen LogP contribution in [-0.2, 0) is 6.42 Å². The summed E-state index contributed by atoms with van der Waals surface area (Å²) in [5.74, 6) is 0. The monoisotopic (exact) mass is 186 g/mol. The third-order valence-electron chi connectivity index (χ3n) is 3.09. The van der Waals surface area contributed by atoms with E-state index in [2.05, 4.69) is 28.1 Å². The topological polar surface area (TPSA) is 16.1 Å². The molecule has 0 bridgehead atoms. The molecule has 0 radical (unpaired) electrons. The van der Waals surface area contributed by atoms with Crippen LogP contribution in [0.2, 0.25) is 0 Å². The van der Waals surface area contributed by atoms with Gasteiger partial charge in [-0.25, -0.2) is 0 Å². The summed E-state index contributed by atoms with van der Waals surface area (Å²) in [6, 6.07) is 2.15. The van der Waals surface area contributed by atoms with E-state index in [1.54, 1.807) is 0 Å². The fourth-order valence-electron chi connectivity index (χ4n) is 2.37. The number of pyridine rings is 1. The molecule has 1 aliphatic heterocycles. The van der Waals surface area contributed by atoms with E-state index in [1.807, 2.05) is 6.20 Å². The minimum absolute atomic E-state index is 1.01. The van der Waals surface area contributed by atoms with Gasteiger partial charge in [-0.1, -0.05) is 12.2 Å². The molecule has 72 valence electrons. The summed E-state index contributed by atoms with van der Waals surface area (Å²) >= 11 is 0. The molecule has 0 saturated carbocycles. The molecule has 3 rings (SSSR count). The number of rotatable bonds is 1. The van der Waals surface area contributed by atoms with Gasteiger partial charge in [-0.15, -0.1) is 0 Å².